The molecule has 0 bridgehead atoms. The number of ether oxygens (including phenoxy) is 1. The molecule has 0 spiro atoms. The smallest absolute Gasteiger partial charge is 0.262 e. The van der Waals surface area contributed by atoms with Crippen molar-refractivity contribution in [1.82, 2.24) is 14.9 Å². The number of thioether (sulfide) groups is 1. The number of Topliss-reactive ketones (excluding diaryl/α,β-unsaturated/α-hetero) is 1. The first-order valence-corrected chi connectivity index (χ1v) is 13.7. The Hall–Kier alpha value is -2.97. The van der Waals surface area contributed by atoms with Crippen LogP contribution in [-0.4, -0.2) is 45.7 Å². The lowest BCUT2D eigenvalue weighted by Crippen LogP contribution is -2.32. The van der Waals surface area contributed by atoms with Crippen molar-refractivity contribution in [3.63, 3.8) is 0 Å². The van der Waals surface area contributed by atoms with Gasteiger partial charge in [-0.15, -0.1) is 0 Å². The van der Waals surface area contributed by atoms with E-state index in [1.807, 2.05) is 31.2 Å². The Balaban J connectivity index is 1.44. The van der Waals surface area contributed by atoms with Crippen LogP contribution in [0.2, 0.25) is 0 Å². The molecule has 1 saturated heterocycles. The van der Waals surface area contributed by atoms with Gasteiger partial charge in [-0.25, -0.2) is 4.98 Å². The van der Waals surface area contributed by atoms with Crippen molar-refractivity contribution in [2.45, 2.75) is 69.3 Å². The molecule has 7 nitrogen and oxygen atoms in total. The molecular weight excluding hydrogens is 474 g/mol. The van der Waals surface area contributed by atoms with E-state index in [4.69, 9.17) is 9.72 Å². The lowest BCUT2D eigenvalue weighted by molar-refractivity contribution is 0.0935. The monoisotopic (exact) mass is 505 g/mol. The average molecular weight is 506 g/mol. The molecule has 1 amide bonds. The summed E-state index contributed by atoms with van der Waals surface area (Å²) in [5, 5.41) is 4.02. The van der Waals surface area contributed by atoms with Gasteiger partial charge < -0.3 is 10.1 Å². The molecule has 1 aliphatic carbocycles. The van der Waals surface area contributed by atoms with Crippen molar-refractivity contribution in [1.29, 1.82) is 0 Å². The third-order valence-corrected chi connectivity index (χ3v) is 7.97. The zero-order valence-electron chi connectivity index (χ0n) is 20.5. The van der Waals surface area contributed by atoms with Crippen LogP contribution in [0.1, 0.15) is 64.8 Å². The molecule has 5 rings (SSSR count). The highest BCUT2D eigenvalue weighted by Crippen LogP contribution is 2.23. The molecule has 2 heterocycles. The quantitative estimate of drug-likeness (QED) is 0.275. The summed E-state index contributed by atoms with van der Waals surface area (Å²) in [6, 6.07) is 12.7. The van der Waals surface area contributed by atoms with E-state index in [2.05, 4.69) is 5.32 Å². The van der Waals surface area contributed by atoms with Gasteiger partial charge >= 0.3 is 0 Å². The summed E-state index contributed by atoms with van der Waals surface area (Å²) < 4.78 is 7.41. The summed E-state index contributed by atoms with van der Waals surface area (Å²) in [6.45, 7) is 3.06. The van der Waals surface area contributed by atoms with Gasteiger partial charge in [0, 0.05) is 23.8 Å². The topological polar surface area (TPSA) is 90.3 Å². The first kappa shape index (κ1) is 24.7. The molecule has 0 radical (unpaired) electrons. The first-order valence-electron chi connectivity index (χ1n) is 12.7. The number of ketones is 1. The zero-order chi connectivity index (χ0) is 25.1. The molecule has 1 aromatic heterocycles. The van der Waals surface area contributed by atoms with Crippen molar-refractivity contribution in [3.8, 4) is 0 Å². The molecule has 1 atom stereocenters. The fraction of sp³-hybridized carbons (Fsp3) is 0.429. The van der Waals surface area contributed by atoms with E-state index in [0.717, 1.165) is 44.1 Å². The lowest BCUT2D eigenvalue weighted by Gasteiger charge is -2.17. The maximum absolute atomic E-state index is 13.5. The van der Waals surface area contributed by atoms with Crippen LogP contribution >= 0.6 is 11.8 Å². The number of nitrogens with zero attached hydrogens (tertiary/aromatic N) is 2. The molecule has 188 valence electrons. The first-order chi connectivity index (χ1) is 17.5. The summed E-state index contributed by atoms with van der Waals surface area (Å²) in [7, 11) is 0. The van der Waals surface area contributed by atoms with E-state index in [0.29, 0.717) is 40.3 Å². The van der Waals surface area contributed by atoms with Gasteiger partial charge in [-0.05, 0) is 50.8 Å². The maximum atomic E-state index is 13.5. The van der Waals surface area contributed by atoms with Gasteiger partial charge in [-0.3, -0.25) is 19.0 Å². The number of nitrogens with one attached hydrogen (secondary N) is 1. The van der Waals surface area contributed by atoms with Crippen LogP contribution in [-0.2, 0) is 11.3 Å². The minimum absolute atomic E-state index is 0.0253. The number of hydrogen-bond acceptors (Lipinski definition) is 6. The van der Waals surface area contributed by atoms with Crippen LogP contribution in [0.3, 0.4) is 0 Å². The van der Waals surface area contributed by atoms with Crippen LogP contribution < -0.4 is 10.9 Å². The van der Waals surface area contributed by atoms with E-state index >= 15 is 0 Å². The highest BCUT2D eigenvalue weighted by atomic mass is 32.2. The highest BCUT2D eigenvalue weighted by molar-refractivity contribution is 7.99. The molecule has 0 unspecified atom stereocenters. The van der Waals surface area contributed by atoms with Crippen molar-refractivity contribution < 1.29 is 14.3 Å². The van der Waals surface area contributed by atoms with Crippen LogP contribution in [0.15, 0.2) is 52.4 Å². The molecular formula is C28H31N3O4S. The molecule has 1 N–H and O–H groups in total. The second kappa shape index (κ2) is 11.0. The summed E-state index contributed by atoms with van der Waals surface area (Å²) in [4.78, 5) is 43.9. The summed E-state index contributed by atoms with van der Waals surface area (Å²) in [6.07, 6.45) is 6.08. The van der Waals surface area contributed by atoms with Gasteiger partial charge in [0.1, 0.15) is 0 Å². The summed E-state index contributed by atoms with van der Waals surface area (Å²) in [5.41, 5.74) is 2.50. The van der Waals surface area contributed by atoms with E-state index in [1.54, 1.807) is 22.8 Å². The van der Waals surface area contributed by atoms with Crippen LogP contribution in [0.25, 0.3) is 10.9 Å². The number of rotatable bonds is 8. The van der Waals surface area contributed by atoms with Crippen molar-refractivity contribution >= 4 is 34.4 Å². The van der Waals surface area contributed by atoms with Crippen LogP contribution in [0.5, 0.6) is 0 Å². The average Bonchev–Trinajstić information content (AvgIpc) is 3.59. The Morgan fingerprint density at radius 2 is 1.81 bits per heavy atom. The van der Waals surface area contributed by atoms with Crippen molar-refractivity contribution in [2.75, 3.05) is 12.4 Å². The molecule has 1 saturated carbocycles. The van der Waals surface area contributed by atoms with E-state index < -0.39 is 0 Å². The maximum Gasteiger partial charge on any atom is 0.262 e. The number of carbonyl (C=O) groups excluding carboxylic acids is 2. The normalized spacial score (nSPS) is 18.1. The number of benzene rings is 2. The third kappa shape index (κ3) is 5.55. The summed E-state index contributed by atoms with van der Waals surface area (Å²) in [5.74, 6) is -0.00502. The SMILES string of the molecule is Cc1ccc(C(=O)CSc2nc3cc(C(=O)NC4CCCC4)ccc3c(=O)n2C[C@H]2CCCO2)cc1. The van der Waals surface area contributed by atoms with E-state index in [-0.39, 0.29) is 35.1 Å². The van der Waals surface area contributed by atoms with Gasteiger partial charge in [0.25, 0.3) is 11.5 Å². The Bertz CT molecular complexity index is 1320. The molecule has 2 fully saturated rings. The Labute approximate surface area is 214 Å². The standard InChI is InChI=1S/C28H31N3O4S/c1-18-8-10-19(11-9-18)25(32)17-36-28-30-24-15-20(26(33)29-21-5-2-3-6-21)12-13-23(24)27(34)31(28)16-22-7-4-14-35-22/h8-13,15,21-22H,2-7,14,16-17H2,1H3,(H,29,33)/t22-/m1/s1. The van der Waals surface area contributed by atoms with Gasteiger partial charge in [-0.2, -0.15) is 0 Å². The molecule has 3 aromatic rings. The fourth-order valence-corrected chi connectivity index (χ4v) is 5.80. The van der Waals surface area contributed by atoms with Gasteiger partial charge in [0.05, 0.1) is 29.3 Å². The second-order valence-electron chi connectivity index (χ2n) is 9.71. The Morgan fingerprint density at radius 3 is 2.53 bits per heavy atom. The predicted octanol–water partition coefficient (Wildman–Crippen LogP) is 4.53. The zero-order valence-corrected chi connectivity index (χ0v) is 21.3. The summed E-state index contributed by atoms with van der Waals surface area (Å²) >= 11 is 1.25. The lowest BCUT2D eigenvalue weighted by atomic mass is 10.1. The Kier molecular flexibility index (Phi) is 7.53. The largest absolute Gasteiger partial charge is 0.376 e. The van der Waals surface area contributed by atoms with Crippen LogP contribution in [0, 0.1) is 6.92 Å². The van der Waals surface area contributed by atoms with Gasteiger partial charge in [0.15, 0.2) is 10.9 Å². The number of aryl methyl sites for hydroxylation is 1. The number of aromatic nitrogens is 2. The Morgan fingerprint density at radius 1 is 1.06 bits per heavy atom. The second-order valence-corrected chi connectivity index (χ2v) is 10.7. The fourth-order valence-electron chi connectivity index (χ4n) is 4.90. The minimum atomic E-state index is -0.177. The molecule has 2 aliphatic rings. The van der Waals surface area contributed by atoms with Gasteiger partial charge in [0.2, 0.25) is 0 Å². The third-order valence-electron chi connectivity index (χ3n) is 6.99. The number of amides is 1. The van der Waals surface area contributed by atoms with E-state index in [1.165, 1.54) is 11.8 Å². The molecule has 1 aliphatic heterocycles. The molecule has 8 heteroatoms. The number of hydrogen-bond donors (Lipinski definition) is 1. The van der Waals surface area contributed by atoms with Crippen molar-refractivity contribution in [3.05, 3.63) is 69.5 Å². The van der Waals surface area contributed by atoms with Crippen molar-refractivity contribution in [2.24, 2.45) is 0 Å². The number of carbonyl (C=O) groups is 2. The predicted molar refractivity (Wildman–Crippen MR) is 141 cm³/mol. The van der Waals surface area contributed by atoms with Gasteiger partial charge in [-0.1, -0.05) is 54.4 Å². The minimum Gasteiger partial charge on any atom is -0.376 e. The molecule has 36 heavy (non-hydrogen) atoms. The highest BCUT2D eigenvalue weighted by Gasteiger charge is 2.22. The van der Waals surface area contributed by atoms with E-state index in [9.17, 15) is 14.4 Å². The van der Waals surface area contributed by atoms with Crippen LogP contribution in [0.4, 0.5) is 0 Å². The molecule has 2 aromatic carbocycles. The number of fused-ring (bicyclic) bond motifs is 1.